The summed E-state index contributed by atoms with van der Waals surface area (Å²) in [6, 6.07) is 10.3. The van der Waals surface area contributed by atoms with Crippen LogP contribution in [0.25, 0.3) is 10.9 Å². The molecule has 3 atom stereocenters. The number of pyridine rings is 1. The number of aryl methyl sites for hydroxylation is 1. The minimum Gasteiger partial charge on any atom is -0.381 e. The fraction of sp³-hybridized carbons (Fsp3) is 0.500. The fourth-order valence-corrected chi connectivity index (χ4v) is 3.61. The molecule has 1 N–H and O–H groups in total. The second-order valence-electron chi connectivity index (χ2n) is 6.62. The molecule has 1 heterocycles. The normalized spacial score (nSPS) is 26.0. The summed E-state index contributed by atoms with van der Waals surface area (Å²) in [5, 5.41) is 4.78. The Morgan fingerprint density at radius 3 is 2.71 bits per heavy atom. The van der Waals surface area contributed by atoms with Crippen molar-refractivity contribution in [3.63, 3.8) is 0 Å². The van der Waals surface area contributed by atoms with E-state index in [-0.39, 0.29) is 5.56 Å². The number of benzene rings is 1. The monoisotopic (exact) mass is 284 g/mol. The third-order valence-corrected chi connectivity index (χ3v) is 4.93. The number of aromatic nitrogens is 1. The Balaban J connectivity index is 1.98. The topological polar surface area (TPSA) is 34.0 Å². The highest BCUT2D eigenvalue weighted by atomic mass is 16.1. The molecule has 21 heavy (non-hydrogen) atoms. The predicted molar refractivity (Wildman–Crippen MR) is 88.8 cm³/mol. The third-order valence-electron chi connectivity index (χ3n) is 4.93. The number of hydrogen-bond donors (Lipinski definition) is 1. The van der Waals surface area contributed by atoms with Gasteiger partial charge in [-0.15, -0.1) is 0 Å². The number of nitrogens with one attached hydrogen (secondary N) is 1. The summed E-state index contributed by atoms with van der Waals surface area (Å²) in [5.41, 5.74) is 2.03. The highest BCUT2D eigenvalue weighted by molar-refractivity contribution is 5.91. The van der Waals surface area contributed by atoms with Gasteiger partial charge in [-0.2, -0.15) is 0 Å². The lowest BCUT2D eigenvalue weighted by molar-refractivity contribution is 0.276. The minimum absolute atomic E-state index is 0.0491. The Labute approximate surface area is 126 Å². The number of rotatable bonds is 2. The molecule has 0 aliphatic heterocycles. The van der Waals surface area contributed by atoms with Crippen LogP contribution in [0.3, 0.4) is 0 Å². The van der Waals surface area contributed by atoms with E-state index in [0.717, 1.165) is 22.5 Å². The molecule has 0 saturated heterocycles. The molecule has 0 amide bonds. The molecule has 1 aliphatic rings. The molecule has 1 aromatic carbocycles. The first-order valence-corrected chi connectivity index (χ1v) is 7.91. The van der Waals surface area contributed by atoms with Gasteiger partial charge in [-0.1, -0.05) is 32.0 Å². The number of nitrogens with zero attached hydrogens (tertiary/aromatic N) is 1. The molecular formula is C18H24N2O. The minimum atomic E-state index is 0.0491. The standard InChI is InChI=1S/C18H24N2O/c1-12-8-9-15(13(2)10-12)19-16-11-18(21)20(3)17-7-5-4-6-14(16)17/h4-7,11-13,15,19H,8-10H2,1-3H3. The summed E-state index contributed by atoms with van der Waals surface area (Å²) >= 11 is 0. The van der Waals surface area contributed by atoms with E-state index in [0.29, 0.717) is 12.0 Å². The Kier molecular flexibility index (Phi) is 3.75. The molecule has 3 unspecified atom stereocenters. The van der Waals surface area contributed by atoms with E-state index in [1.165, 1.54) is 19.3 Å². The van der Waals surface area contributed by atoms with Gasteiger partial charge in [0.05, 0.1) is 5.52 Å². The molecule has 3 nitrogen and oxygen atoms in total. The van der Waals surface area contributed by atoms with Crippen molar-refractivity contribution >= 4 is 16.6 Å². The molecule has 112 valence electrons. The third kappa shape index (κ3) is 2.69. The second kappa shape index (κ2) is 5.55. The second-order valence-corrected chi connectivity index (χ2v) is 6.62. The molecule has 3 heteroatoms. The SMILES string of the molecule is CC1CCC(Nc2cc(=O)n(C)c3ccccc23)C(C)C1. The van der Waals surface area contributed by atoms with Crippen LogP contribution in [-0.4, -0.2) is 10.6 Å². The molecule has 0 bridgehead atoms. The van der Waals surface area contributed by atoms with Gasteiger partial charge in [0, 0.05) is 30.2 Å². The average molecular weight is 284 g/mol. The quantitative estimate of drug-likeness (QED) is 0.910. The van der Waals surface area contributed by atoms with Crippen molar-refractivity contribution in [2.75, 3.05) is 5.32 Å². The Hall–Kier alpha value is -1.77. The van der Waals surface area contributed by atoms with Gasteiger partial charge in [0.25, 0.3) is 5.56 Å². The van der Waals surface area contributed by atoms with Crippen molar-refractivity contribution < 1.29 is 0 Å². The Morgan fingerprint density at radius 1 is 1.19 bits per heavy atom. The predicted octanol–water partition coefficient (Wildman–Crippen LogP) is 3.78. The van der Waals surface area contributed by atoms with Gasteiger partial charge < -0.3 is 9.88 Å². The number of anilines is 1. The Morgan fingerprint density at radius 2 is 1.95 bits per heavy atom. The molecule has 3 rings (SSSR count). The molecule has 2 aromatic rings. The molecule has 1 fully saturated rings. The average Bonchev–Trinajstić information content (AvgIpc) is 2.47. The van der Waals surface area contributed by atoms with Gasteiger partial charge in [0.1, 0.15) is 0 Å². The van der Waals surface area contributed by atoms with Gasteiger partial charge >= 0.3 is 0 Å². The van der Waals surface area contributed by atoms with E-state index in [1.54, 1.807) is 10.6 Å². The Bertz CT molecular complexity index is 704. The van der Waals surface area contributed by atoms with E-state index >= 15 is 0 Å². The first kappa shape index (κ1) is 14.2. The van der Waals surface area contributed by atoms with Crippen molar-refractivity contribution in [2.45, 2.75) is 39.2 Å². The number of para-hydroxylation sites is 1. The van der Waals surface area contributed by atoms with Crippen molar-refractivity contribution in [1.29, 1.82) is 0 Å². The first-order valence-electron chi connectivity index (χ1n) is 7.91. The maximum absolute atomic E-state index is 12.2. The fourth-order valence-electron chi connectivity index (χ4n) is 3.61. The lowest BCUT2D eigenvalue weighted by Crippen LogP contribution is -2.33. The van der Waals surface area contributed by atoms with Crippen LogP contribution in [0.2, 0.25) is 0 Å². The maximum Gasteiger partial charge on any atom is 0.252 e. The molecule has 1 saturated carbocycles. The van der Waals surface area contributed by atoms with E-state index in [9.17, 15) is 4.79 Å². The number of hydrogen-bond acceptors (Lipinski definition) is 2. The summed E-state index contributed by atoms with van der Waals surface area (Å²) in [4.78, 5) is 12.2. The zero-order valence-electron chi connectivity index (χ0n) is 13.1. The molecule has 1 aliphatic carbocycles. The highest BCUT2D eigenvalue weighted by Crippen LogP contribution is 2.32. The summed E-state index contributed by atoms with van der Waals surface area (Å²) in [6.07, 6.45) is 3.72. The van der Waals surface area contributed by atoms with Crippen molar-refractivity contribution in [2.24, 2.45) is 18.9 Å². The largest absolute Gasteiger partial charge is 0.381 e. The van der Waals surface area contributed by atoms with E-state index < -0.39 is 0 Å². The van der Waals surface area contributed by atoms with Crippen LogP contribution in [0.1, 0.15) is 33.1 Å². The maximum atomic E-state index is 12.2. The molecule has 1 aromatic heterocycles. The van der Waals surface area contributed by atoms with Gasteiger partial charge in [-0.3, -0.25) is 4.79 Å². The van der Waals surface area contributed by atoms with Crippen molar-refractivity contribution in [3.05, 3.63) is 40.7 Å². The van der Waals surface area contributed by atoms with Crippen LogP contribution in [0.5, 0.6) is 0 Å². The smallest absolute Gasteiger partial charge is 0.252 e. The zero-order valence-corrected chi connectivity index (χ0v) is 13.1. The van der Waals surface area contributed by atoms with Crippen LogP contribution < -0.4 is 10.9 Å². The lowest BCUT2D eigenvalue weighted by Gasteiger charge is -2.34. The van der Waals surface area contributed by atoms with Crippen molar-refractivity contribution in [1.82, 2.24) is 4.57 Å². The summed E-state index contributed by atoms with van der Waals surface area (Å²) < 4.78 is 1.72. The van der Waals surface area contributed by atoms with E-state index in [1.807, 2.05) is 25.2 Å². The van der Waals surface area contributed by atoms with Crippen LogP contribution in [0, 0.1) is 11.8 Å². The van der Waals surface area contributed by atoms with Crippen LogP contribution in [0.4, 0.5) is 5.69 Å². The molecular weight excluding hydrogens is 260 g/mol. The lowest BCUT2D eigenvalue weighted by atomic mass is 9.80. The van der Waals surface area contributed by atoms with Crippen molar-refractivity contribution in [3.8, 4) is 0 Å². The highest BCUT2D eigenvalue weighted by Gasteiger charge is 2.25. The van der Waals surface area contributed by atoms with Crippen LogP contribution in [-0.2, 0) is 7.05 Å². The number of fused-ring (bicyclic) bond motifs is 1. The first-order chi connectivity index (χ1) is 10.1. The molecule has 0 radical (unpaired) electrons. The van der Waals surface area contributed by atoms with Gasteiger partial charge in [-0.25, -0.2) is 0 Å². The van der Waals surface area contributed by atoms with Crippen LogP contribution in [0.15, 0.2) is 35.1 Å². The summed E-state index contributed by atoms with van der Waals surface area (Å²) in [6.45, 7) is 4.65. The molecule has 0 spiro atoms. The van der Waals surface area contributed by atoms with E-state index in [4.69, 9.17) is 0 Å². The summed E-state index contributed by atoms with van der Waals surface area (Å²) in [5.74, 6) is 1.47. The van der Waals surface area contributed by atoms with E-state index in [2.05, 4.69) is 25.2 Å². The van der Waals surface area contributed by atoms with Gasteiger partial charge in [0.2, 0.25) is 0 Å². The van der Waals surface area contributed by atoms with Crippen LogP contribution >= 0.6 is 0 Å². The summed E-state index contributed by atoms with van der Waals surface area (Å²) in [7, 11) is 1.83. The van der Waals surface area contributed by atoms with Gasteiger partial charge in [-0.05, 0) is 37.2 Å². The zero-order chi connectivity index (χ0) is 15.0. The van der Waals surface area contributed by atoms with Gasteiger partial charge in [0.15, 0.2) is 0 Å².